The molecule has 0 unspecified atom stereocenters. The van der Waals surface area contributed by atoms with Crippen LogP contribution in [0.3, 0.4) is 0 Å². The van der Waals surface area contributed by atoms with Crippen LogP contribution >= 0.6 is 0 Å². The van der Waals surface area contributed by atoms with Gasteiger partial charge in [0.15, 0.2) is 11.5 Å². The van der Waals surface area contributed by atoms with E-state index in [1.165, 1.54) is 26.4 Å². The molecule has 0 aliphatic carbocycles. The van der Waals surface area contributed by atoms with Gasteiger partial charge in [0.05, 0.1) is 14.2 Å². The minimum absolute atomic E-state index is 0.0950. The zero-order chi connectivity index (χ0) is 11.5. The first-order valence-corrected chi connectivity index (χ1v) is 5.22. The van der Waals surface area contributed by atoms with E-state index in [1.807, 2.05) is 0 Å². The Morgan fingerprint density at radius 2 is 1.73 bits per heavy atom. The Morgan fingerprint density at radius 3 is 2.20 bits per heavy atom. The van der Waals surface area contributed by atoms with Gasteiger partial charge >= 0.3 is 10.4 Å². The van der Waals surface area contributed by atoms with Gasteiger partial charge in [-0.2, -0.15) is 8.42 Å². The summed E-state index contributed by atoms with van der Waals surface area (Å²) in [4.78, 5) is 0. The highest BCUT2D eigenvalue weighted by Gasteiger charge is 2.15. The van der Waals surface area contributed by atoms with Gasteiger partial charge in [-0.05, 0) is 12.1 Å². The number of hydrogen-bond donors (Lipinski definition) is 1. The molecule has 0 aliphatic heterocycles. The van der Waals surface area contributed by atoms with Gasteiger partial charge in [0.2, 0.25) is 5.75 Å². The van der Waals surface area contributed by atoms with Gasteiger partial charge in [0.25, 0.3) is 0 Å². The largest absolute Gasteiger partial charge is 0.493 e. The van der Waals surface area contributed by atoms with E-state index in [2.05, 4.69) is 4.18 Å². The minimum atomic E-state index is -4.57. The Balaban J connectivity index is 3.18. The van der Waals surface area contributed by atoms with E-state index >= 15 is 0 Å². The molecule has 0 fully saturated rings. The number of methoxy groups -OCH3 is 2. The summed E-state index contributed by atoms with van der Waals surface area (Å²) in [5.41, 5.74) is 0. The van der Waals surface area contributed by atoms with Gasteiger partial charge in [-0.25, -0.2) is 0 Å². The van der Waals surface area contributed by atoms with Crippen molar-refractivity contribution in [3.05, 3.63) is 18.2 Å². The van der Waals surface area contributed by atoms with Crippen LogP contribution in [0, 0.1) is 0 Å². The molecule has 0 aromatic heterocycles. The SMILES string of the molecule is COc1cccc(OS(=O)(=O)O)c1OC. The van der Waals surface area contributed by atoms with Crippen molar-refractivity contribution in [2.24, 2.45) is 0 Å². The molecular weight excluding hydrogens is 224 g/mol. The molecular formula is C8H10O6S. The maximum absolute atomic E-state index is 10.5. The minimum Gasteiger partial charge on any atom is -0.493 e. The van der Waals surface area contributed by atoms with Crippen LogP contribution in [0.15, 0.2) is 18.2 Å². The second-order valence-corrected chi connectivity index (χ2v) is 3.52. The normalized spacial score (nSPS) is 10.9. The molecule has 1 aromatic carbocycles. The zero-order valence-corrected chi connectivity index (χ0v) is 8.95. The fourth-order valence-electron chi connectivity index (χ4n) is 1.04. The second kappa shape index (κ2) is 4.37. The Bertz CT molecular complexity index is 438. The highest BCUT2D eigenvalue weighted by molar-refractivity contribution is 7.81. The highest BCUT2D eigenvalue weighted by atomic mass is 32.3. The maximum Gasteiger partial charge on any atom is 0.446 e. The van der Waals surface area contributed by atoms with E-state index in [9.17, 15) is 8.42 Å². The van der Waals surface area contributed by atoms with Crippen molar-refractivity contribution in [3.8, 4) is 17.2 Å². The van der Waals surface area contributed by atoms with Gasteiger partial charge in [-0.1, -0.05) is 6.07 Å². The van der Waals surface area contributed by atoms with E-state index in [0.29, 0.717) is 5.75 Å². The third-order valence-corrected chi connectivity index (χ3v) is 1.95. The average Bonchev–Trinajstić information content (AvgIpc) is 2.15. The van der Waals surface area contributed by atoms with Crippen molar-refractivity contribution < 1.29 is 26.6 Å². The molecule has 0 radical (unpaired) electrons. The molecule has 0 spiro atoms. The summed E-state index contributed by atoms with van der Waals surface area (Å²) in [5.74, 6) is 0.260. The lowest BCUT2D eigenvalue weighted by Crippen LogP contribution is -2.07. The Labute approximate surface area is 87.3 Å². The quantitative estimate of drug-likeness (QED) is 0.779. The topological polar surface area (TPSA) is 82.1 Å². The first-order valence-electron chi connectivity index (χ1n) is 3.86. The van der Waals surface area contributed by atoms with Gasteiger partial charge in [-0.3, -0.25) is 4.55 Å². The Kier molecular flexibility index (Phi) is 3.38. The van der Waals surface area contributed by atoms with Crippen molar-refractivity contribution in [1.82, 2.24) is 0 Å². The van der Waals surface area contributed by atoms with Gasteiger partial charge in [0.1, 0.15) is 0 Å². The zero-order valence-electron chi connectivity index (χ0n) is 8.13. The predicted octanol–water partition coefficient (Wildman–Crippen LogP) is 0.885. The number of hydrogen-bond acceptors (Lipinski definition) is 5. The Morgan fingerprint density at radius 1 is 1.13 bits per heavy atom. The smallest absolute Gasteiger partial charge is 0.446 e. The summed E-state index contributed by atoms with van der Waals surface area (Å²) in [6, 6.07) is 4.40. The molecule has 1 aromatic rings. The van der Waals surface area contributed by atoms with Crippen LogP contribution in [-0.4, -0.2) is 27.2 Å². The van der Waals surface area contributed by atoms with Crippen LogP contribution in [0.25, 0.3) is 0 Å². The summed E-state index contributed by atoms with van der Waals surface area (Å²) in [6.45, 7) is 0. The molecule has 1 rings (SSSR count). The molecule has 0 atom stereocenters. The van der Waals surface area contributed by atoms with Crippen molar-refractivity contribution in [1.29, 1.82) is 0 Å². The van der Waals surface area contributed by atoms with Crippen LogP contribution < -0.4 is 13.7 Å². The first kappa shape index (κ1) is 11.6. The van der Waals surface area contributed by atoms with Gasteiger partial charge in [-0.15, -0.1) is 0 Å². The predicted molar refractivity (Wildman–Crippen MR) is 51.7 cm³/mol. The first-order chi connectivity index (χ1) is 6.98. The third kappa shape index (κ3) is 3.00. The molecule has 0 amide bonds. The molecule has 7 heteroatoms. The van der Waals surface area contributed by atoms with Crippen molar-refractivity contribution in [2.45, 2.75) is 0 Å². The summed E-state index contributed by atoms with van der Waals surface area (Å²) < 4.78 is 43.6. The summed E-state index contributed by atoms with van der Waals surface area (Å²) >= 11 is 0. The maximum atomic E-state index is 10.5. The molecule has 15 heavy (non-hydrogen) atoms. The molecule has 84 valence electrons. The standard InChI is InChI=1S/C8H10O6S/c1-12-6-4-3-5-7(8(6)13-2)14-15(9,10)11/h3-5H,1-2H3,(H,9,10,11). The van der Waals surface area contributed by atoms with Gasteiger partial charge in [0, 0.05) is 0 Å². The van der Waals surface area contributed by atoms with E-state index in [4.69, 9.17) is 14.0 Å². The molecule has 0 saturated heterocycles. The summed E-state index contributed by atoms with van der Waals surface area (Å²) in [5, 5.41) is 0. The van der Waals surface area contributed by atoms with Crippen molar-refractivity contribution in [3.63, 3.8) is 0 Å². The van der Waals surface area contributed by atoms with Crippen molar-refractivity contribution in [2.75, 3.05) is 14.2 Å². The molecule has 6 nitrogen and oxygen atoms in total. The fraction of sp³-hybridized carbons (Fsp3) is 0.250. The summed E-state index contributed by atoms with van der Waals surface area (Å²) in [7, 11) is -1.84. The third-order valence-electron chi connectivity index (χ3n) is 1.56. The highest BCUT2D eigenvalue weighted by Crippen LogP contribution is 2.36. The van der Waals surface area contributed by atoms with Crippen LogP contribution in [0.4, 0.5) is 0 Å². The molecule has 1 N–H and O–H groups in total. The summed E-state index contributed by atoms with van der Waals surface area (Å²) in [6.07, 6.45) is 0. The average molecular weight is 234 g/mol. The van der Waals surface area contributed by atoms with E-state index in [1.54, 1.807) is 6.07 Å². The lowest BCUT2D eigenvalue weighted by atomic mass is 10.3. The lowest BCUT2D eigenvalue weighted by molar-refractivity contribution is 0.333. The lowest BCUT2D eigenvalue weighted by Gasteiger charge is -2.10. The van der Waals surface area contributed by atoms with Crippen LogP contribution in [-0.2, 0) is 10.4 Å². The monoisotopic (exact) mass is 234 g/mol. The number of para-hydroxylation sites is 1. The second-order valence-electron chi connectivity index (χ2n) is 2.50. The molecule has 0 aliphatic rings. The Hall–Kier alpha value is -1.47. The van der Waals surface area contributed by atoms with E-state index in [0.717, 1.165) is 0 Å². The molecule has 0 bridgehead atoms. The van der Waals surface area contributed by atoms with Crippen LogP contribution in [0.2, 0.25) is 0 Å². The molecule has 0 heterocycles. The van der Waals surface area contributed by atoms with Crippen LogP contribution in [0.1, 0.15) is 0 Å². The fourth-order valence-corrected chi connectivity index (χ4v) is 1.39. The van der Waals surface area contributed by atoms with E-state index in [-0.39, 0.29) is 11.5 Å². The van der Waals surface area contributed by atoms with Crippen LogP contribution in [0.5, 0.6) is 17.2 Å². The van der Waals surface area contributed by atoms with E-state index < -0.39 is 10.4 Å². The number of ether oxygens (including phenoxy) is 2. The van der Waals surface area contributed by atoms with Crippen molar-refractivity contribution >= 4 is 10.4 Å². The molecule has 0 saturated carbocycles. The number of rotatable bonds is 4. The van der Waals surface area contributed by atoms with Gasteiger partial charge < -0.3 is 13.7 Å². The number of benzene rings is 1.